The summed E-state index contributed by atoms with van der Waals surface area (Å²) in [5.41, 5.74) is 0.360. The van der Waals surface area contributed by atoms with Crippen LogP contribution in [-0.4, -0.2) is 36.6 Å². The van der Waals surface area contributed by atoms with Gasteiger partial charge >= 0.3 is 0 Å². The second-order valence-corrected chi connectivity index (χ2v) is 4.72. The summed E-state index contributed by atoms with van der Waals surface area (Å²) >= 11 is 0. The first-order valence-corrected chi connectivity index (χ1v) is 4.96. The van der Waals surface area contributed by atoms with E-state index in [1.807, 2.05) is 0 Å². The van der Waals surface area contributed by atoms with Crippen molar-refractivity contribution in [2.24, 2.45) is 0 Å². The van der Waals surface area contributed by atoms with Gasteiger partial charge in [-0.05, 0) is 40.7 Å². The maximum atomic E-state index is 3.35. The molecule has 1 fully saturated rings. The molecule has 12 heavy (non-hydrogen) atoms. The van der Waals surface area contributed by atoms with Crippen molar-refractivity contribution in [1.82, 2.24) is 10.2 Å². The summed E-state index contributed by atoms with van der Waals surface area (Å²) in [6.07, 6.45) is 2.60. The van der Waals surface area contributed by atoms with E-state index >= 15 is 0 Å². The Balaban J connectivity index is 2.36. The van der Waals surface area contributed by atoms with Gasteiger partial charge in [0.2, 0.25) is 0 Å². The first kappa shape index (κ1) is 10.0. The van der Waals surface area contributed by atoms with Gasteiger partial charge in [0.25, 0.3) is 0 Å². The predicted molar refractivity (Wildman–Crippen MR) is 53.4 cm³/mol. The van der Waals surface area contributed by atoms with Crippen LogP contribution in [-0.2, 0) is 0 Å². The highest BCUT2D eigenvalue weighted by atomic mass is 15.2. The summed E-state index contributed by atoms with van der Waals surface area (Å²) in [5.74, 6) is 0. The van der Waals surface area contributed by atoms with Crippen molar-refractivity contribution in [2.75, 3.05) is 20.1 Å². The third-order valence-corrected chi connectivity index (χ3v) is 2.85. The molecule has 1 aliphatic rings. The molecule has 0 aromatic heterocycles. The molecule has 0 atom stereocenters. The molecule has 1 saturated heterocycles. The number of nitrogens with zero attached hydrogens (tertiary/aromatic N) is 1. The molecule has 0 aliphatic carbocycles. The Labute approximate surface area is 76.3 Å². The average molecular weight is 170 g/mol. The highest BCUT2D eigenvalue weighted by Crippen LogP contribution is 2.19. The van der Waals surface area contributed by atoms with E-state index in [-0.39, 0.29) is 0 Å². The number of likely N-dealkylation sites (tertiary alicyclic amines) is 1. The molecule has 72 valence electrons. The van der Waals surface area contributed by atoms with Gasteiger partial charge < -0.3 is 5.32 Å². The smallest absolute Gasteiger partial charge is 0.0125 e. The van der Waals surface area contributed by atoms with Crippen LogP contribution in [0.3, 0.4) is 0 Å². The minimum absolute atomic E-state index is 0.360. The number of piperidine rings is 1. The van der Waals surface area contributed by atoms with Crippen molar-refractivity contribution < 1.29 is 0 Å². The van der Waals surface area contributed by atoms with Crippen molar-refractivity contribution in [3.05, 3.63) is 0 Å². The molecule has 0 aromatic rings. The van der Waals surface area contributed by atoms with Crippen molar-refractivity contribution in [3.63, 3.8) is 0 Å². The van der Waals surface area contributed by atoms with E-state index in [1.165, 1.54) is 25.9 Å². The molecule has 1 aliphatic heterocycles. The van der Waals surface area contributed by atoms with Crippen LogP contribution in [0.2, 0.25) is 0 Å². The topological polar surface area (TPSA) is 15.3 Å². The second-order valence-electron chi connectivity index (χ2n) is 4.72. The molecule has 0 saturated carbocycles. The number of hydrogen-bond acceptors (Lipinski definition) is 2. The lowest BCUT2D eigenvalue weighted by molar-refractivity contribution is 0.0979. The molecule has 1 heterocycles. The molecular weight excluding hydrogens is 148 g/mol. The van der Waals surface area contributed by atoms with Gasteiger partial charge in [-0.1, -0.05) is 0 Å². The molecule has 0 amide bonds. The maximum Gasteiger partial charge on any atom is 0.0125 e. The fourth-order valence-electron chi connectivity index (χ4n) is 1.84. The highest BCUT2D eigenvalue weighted by Gasteiger charge is 2.25. The van der Waals surface area contributed by atoms with E-state index in [0.29, 0.717) is 5.54 Å². The molecule has 0 radical (unpaired) electrons. The van der Waals surface area contributed by atoms with Crippen LogP contribution in [0.4, 0.5) is 0 Å². The Morgan fingerprint density at radius 1 is 1.17 bits per heavy atom. The number of hydrogen-bond donors (Lipinski definition) is 1. The monoisotopic (exact) mass is 170 g/mol. The summed E-state index contributed by atoms with van der Waals surface area (Å²) < 4.78 is 0. The molecule has 0 unspecified atom stereocenters. The number of rotatable bonds is 1. The lowest BCUT2D eigenvalue weighted by Gasteiger charge is -2.40. The normalized spacial score (nSPS) is 23.0. The summed E-state index contributed by atoms with van der Waals surface area (Å²) in [5, 5.41) is 3.35. The van der Waals surface area contributed by atoms with Gasteiger partial charge in [0.05, 0.1) is 0 Å². The van der Waals surface area contributed by atoms with E-state index in [9.17, 15) is 0 Å². The lowest BCUT2D eigenvalue weighted by Crippen LogP contribution is -2.49. The van der Waals surface area contributed by atoms with Gasteiger partial charge in [-0.2, -0.15) is 0 Å². The maximum absolute atomic E-state index is 3.35. The molecule has 1 N–H and O–H groups in total. The molecule has 0 bridgehead atoms. The Kier molecular flexibility index (Phi) is 3.13. The molecule has 2 heteroatoms. The van der Waals surface area contributed by atoms with Crippen LogP contribution in [0, 0.1) is 0 Å². The molecule has 0 aromatic carbocycles. The lowest BCUT2D eigenvalue weighted by atomic mass is 9.98. The summed E-state index contributed by atoms with van der Waals surface area (Å²) in [7, 11) is 2.07. The van der Waals surface area contributed by atoms with Gasteiger partial charge in [0, 0.05) is 24.7 Å². The summed E-state index contributed by atoms with van der Waals surface area (Å²) in [6.45, 7) is 9.39. The zero-order chi connectivity index (χ0) is 9.19. The van der Waals surface area contributed by atoms with Gasteiger partial charge in [-0.25, -0.2) is 0 Å². The minimum atomic E-state index is 0.360. The van der Waals surface area contributed by atoms with Crippen LogP contribution < -0.4 is 5.32 Å². The third kappa shape index (κ3) is 2.46. The Hall–Kier alpha value is -0.0800. The summed E-state index contributed by atoms with van der Waals surface area (Å²) in [4.78, 5) is 2.57. The largest absolute Gasteiger partial charge is 0.317 e. The van der Waals surface area contributed by atoms with Crippen LogP contribution >= 0.6 is 0 Å². The highest BCUT2D eigenvalue weighted by molar-refractivity contribution is 4.83. The fourth-order valence-corrected chi connectivity index (χ4v) is 1.84. The number of nitrogens with one attached hydrogen (secondary N) is 1. The van der Waals surface area contributed by atoms with E-state index in [4.69, 9.17) is 0 Å². The van der Waals surface area contributed by atoms with Crippen LogP contribution in [0.15, 0.2) is 0 Å². The van der Waals surface area contributed by atoms with Crippen molar-refractivity contribution in [1.29, 1.82) is 0 Å². The first-order valence-electron chi connectivity index (χ1n) is 4.96. The average Bonchev–Trinajstić information content (AvgIpc) is 2.03. The van der Waals surface area contributed by atoms with E-state index in [1.54, 1.807) is 0 Å². The second kappa shape index (κ2) is 3.75. The van der Waals surface area contributed by atoms with Gasteiger partial charge in [-0.3, -0.25) is 4.90 Å². The fraction of sp³-hybridized carbons (Fsp3) is 1.00. The Bertz CT molecular complexity index is 129. The first-order chi connectivity index (χ1) is 5.54. The van der Waals surface area contributed by atoms with E-state index in [2.05, 4.69) is 38.0 Å². The van der Waals surface area contributed by atoms with E-state index < -0.39 is 0 Å². The Morgan fingerprint density at radius 2 is 1.67 bits per heavy atom. The molecular formula is C10H22N2. The zero-order valence-electron chi connectivity index (χ0n) is 8.85. The summed E-state index contributed by atoms with van der Waals surface area (Å²) in [6, 6.07) is 0.753. The van der Waals surface area contributed by atoms with Gasteiger partial charge in [0.15, 0.2) is 0 Å². The minimum Gasteiger partial charge on any atom is -0.317 e. The SMILES string of the molecule is CNC1CCN(C(C)(C)C)CC1. The quantitative estimate of drug-likeness (QED) is 0.641. The Morgan fingerprint density at radius 3 is 2.00 bits per heavy atom. The standard InChI is InChI=1S/C10H22N2/c1-10(2,3)12-7-5-9(11-4)6-8-12/h9,11H,5-8H2,1-4H3. The van der Waals surface area contributed by atoms with Crippen LogP contribution in [0.5, 0.6) is 0 Å². The predicted octanol–water partition coefficient (Wildman–Crippen LogP) is 1.47. The van der Waals surface area contributed by atoms with Gasteiger partial charge in [0.1, 0.15) is 0 Å². The van der Waals surface area contributed by atoms with Crippen molar-refractivity contribution >= 4 is 0 Å². The van der Waals surface area contributed by atoms with E-state index in [0.717, 1.165) is 6.04 Å². The van der Waals surface area contributed by atoms with Gasteiger partial charge in [-0.15, -0.1) is 0 Å². The molecule has 2 nitrogen and oxygen atoms in total. The van der Waals surface area contributed by atoms with Crippen LogP contribution in [0.25, 0.3) is 0 Å². The van der Waals surface area contributed by atoms with Crippen LogP contribution in [0.1, 0.15) is 33.6 Å². The molecule has 1 rings (SSSR count). The van der Waals surface area contributed by atoms with Crippen molar-refractivity contribution in [3.8, 4) is 0 Å². The molecule has 0 spiro atoms. The third-order valence-electron chi connectivity index (χ3n) is 2.85. The zero-order valence-corrected chi connectivity index (χ0v) is 8.85. The van der Waals surface area contributed by atoms with Crippen molar-refractivity contribution in [2.45, 2.75) is 45.2 Å².